The Balaban J connectivity index is 1.90. The van der Waals surface area contributed by atoms with Gasteiger partial charge in [0.2, 0.25) is 0 Å². The first-order chi connectivity index (χ1) is 13.4. The van der Waals surface area contributed by atoms with Crippen LogP contribution in [0.2, 0.25) is 0 Å². The van der Waals surface area contributed by atoms with Crippen LogP contribution in [0.15, 0.2) is 73.3 Å². The molecule has 0 amide bonds. The molecular formula is C24H18O3S. The molecule has 0 saturated carbocycles. The molecule has 0 radical (unpaired) electrons. The van der Waals surface area contributed by atoms with Crippen LogP contribution >= 0.6 is 11.3 Å². The second kappa shape index (κ2) is 6.98. The first kappa shape index (κ1) is 18.0. The summed E-state index contributed by atoms with van der Waals surface area (Å²) in [6.45, 7) is 5.86. The molecule has 3 nitrogen and oxygen atoms in total. The van der Waals surface area contributed by atoms with Gasteiger partial charge in [-0.2, -0.15) is 0 Å². The normalized spacial score (nSPS) is 10.9. The minimum absolute atomic E-state index is 0.0757. The van der Waals surface area contributed by atoms with Crippen molar-refractivity contribution in [3.05, 3.63) is 90.0 Å². The molecule has 1 heterocycles. The predicted molar refractivity (Wildman–Crippen MR) is 115 cm³/mol. The van der Waals surface area contributed by atoms with Crippen LogP contribution in [0.1, 0.15) is 28.4 Å². The molecule has 138 valence electrons. The van der Waals surface area contributed by atoms with E-state index in [1.807, 2.05) is 31.2 Å². The van der Waals surface area contributed by atoms with Crippen LogP contribution in [0.4, 0.5) is 0 Å². The third kappa shape index (κ3) is 3.19. The summed E-state index contributed by atoms with van der Waals surface area (Å²) in [4.78, 5) is 14.2. The third-order valence-electron chi connectivity index (χ3n) is 4.67. The average Bonchev–Trinajstić information content (AvgIpc) is 3.06. The molecule has 0 fully saturated rings. The third-order valence-corrected chi connectivity index (χ3v) is 5.87. The lowest BCUT2D eigenvalue weighted by Gasteiger charge is -2.07. The van der Waals surface area contributed by atoms with Crippen molar-refractivity contribution in [1.82, 2.24) is 0 Å². The van der Waals surface area contributed by atoms with Crippen molar-refractivity contribution in [3.63, 3.8) is 0 Å². The fourth-order valence-corrected chi connectivity index (χ4v) is 4.42. The average molecular weight is 386 g/mol. The van der Waals surface area contributed by atoms with Crippen LogP contribution in [-0.4, -0.2) is 16.0 Å². The van der Waals surface area contributed by atoms with Gasteiger partial charge in [0.25, 0.3) is 0 Å². The van der Waals surface area contributed by atoms with Crippen LogP contribution in [0, 0.1) is 0 Å². The number of fused-ring (bicyclic) bond motifs is 1. The molecule has 0 saturated heterocycles. The zero-order chi connectivity index (χ0) is 19.8. The quantitative estimate of drug-likeness (QED) is 0.408. The lowest BCUT2D eigenvalue weighted by Crippen LogP contribution is -2.02. The van der Waals surface area contributed by atoms with E-state index >= 15 is 0 Å². The molecule has 0 spiro atoms. The number of aromatic hydroxyl groups is 2. The van der Waals surface area contributed by atoms with Gasteiger partial charge in [0.05, 0.1) is 0 Å². The van der Waals surface area contributed by atoms with Crippen molar-refractivity contribution in [1.29, 1.82) is 0 Å². The number of rotatable bonds is 4. The summed E-state index contributed by atoms with van der Waals surface area (Å²) in [7, 11) is 0. The molecule has 1 aromatic heterocycles. The van der Waals surface area contributed by atoms with E-state index in [2.05, 4.69) is 6.58 Å². The molecule has 4 rings (SSSR count). The summed E-state index contributed by atoms with van der Waals surface area (Å²) < 4.78 is 0.838. The second-order valence-electron chi connectivity index (χ2n) is 6.72. The molecule has 0 aliphatic rings. The van der Waals surface area contributed by atoms with Crippen LogP contribution in [-0.2, 0) is 0 Å². The molecular weight excluding hydrogens is 368 g/mol. The smallest absolute Gasteiger partial charge is 0.195 e. The highest BCUT2D eigenvalue weighted by atomic mass is 32.1. The maximum atomic E-state index is 13.4. The number of phenols is 2. The van der Waals surface area contributed by atoms with Crippen molar-refractivity contribution >= 4 is 32.8 Å². The molecule has 0 unspecified atom stereocenters. The first-order valence-corrected chi connectivity index (χ1v) is 9.61. The van der Waals surface area contributed by atoms with Crippen LogP contribution < -0.4 is 0 Å². The minimum atomic E-state index is -0.0757. The van der Waals surface area contributed by atoms with E-state index in [0.717, 1.165) is 31.7 Å². The van der Waals surface area contributed by atoms with Crippen LogP contribution in [0.25, 0.3) is 26.1 Å². The van der Waals surface area contributed by atoms with E-state index in [4.69, 9.17) is 0 Å². The van der Waals surface area contributed by atoms with Crippen molar-refractivity contribution in [2.24, 2.45) is 0 Å². The summed E-state index contributed by atoms with van der Waals surface area (Å²) in [6, 6.07) is 19.3. The molecule has 0 atom stereocenters. The number of phenolic OH excluding ortho intramolecular Hbond substituents is 2. The maximum Gasteiger partial charge on any atom is 0.195 e. The van der Waals surface area contributed by atoms with E-state index in [0.29, 0.717) is 11.1 Å². The number of carbonyl (C=O) groups excluding carboxylic acids is 1. The Labute approximate surface area is 166 Å². The molecule has 0 aliphatic carbocycles. The van der Waals surface area contributed by atoms with Crippen molar-refractivity contribution in [3.8, 4) is 21.9 Å². The number of thiophene rings is 1. The largest absolute Gasteiger partial charge is 0.508 e. The van der Waals surface area contributed by atoms with Crippen molar-refractivity contribution in [2.45, 2.75) is 6.92 Å². The number of allylic oxidation sites excluding steroid dienone is 1. The van der Waals surface area contributed by atoms with Crippen molar-refractivity contribution in [2.75, 3.05) is 0 Å². The number of carbonyl (C=O) groups is 1. The Bertz CT molecular complexity index is 1200. The van der Waals surface area contributed by atoms with E-state index in [9.17, 15) is 15.0 Å². The fraction of sp³-hybridized carbons (Fsp3) is 0.0417. The van der Waals surface area contributed by atoms with Gasteiger partial charge in [-0.05, 0) is 60.5 Å². The molecule has 2 N–H and O–H groups in total. The Hall–Kier alpha value is -3.37. The Morgan fingerprint density at radius 2 is 1.46 bits per heavy atom. The van der Waals surface area contributed by atoms with Crippen LogP contribution in [0.5, 0.6) is 11.5 Å². The molecule has 0 bridgehead atoms. The Morgan fingerprint density at radius 3 is 2.11 bits per heavy atom. The Kier molecular flexibility index (Phi) is 4.49. The highest BCUT2D eigenvalue weighted by molar-refractivity contribution is 7.22. The van der Waals surface area contributed by atoms with E-state index in [-0.39, 0.29) is 17.3 Å². The molecule has 4 heteroatoms. The predicted octanol–water partition coefficient (Wildman–Crippen LogP) is 6.24. The zero-order valence-corrected chi connectivity index (χ0v) is 16.1. The summed E-state index contributed by atoms with van der Waals surface area (Å²) in [5.41, 5.74) is 3.99. The summed E-state index contributed by atoms with van der Waals surface area (Å²) >= 11 is 1.45. The summed E-state index contributed by atoms with van der Waals surface area (Å²) in [5, 5.41) is 20.3. The highest BCUT2D eigenvalue weighted by Gasteiger charge is 2.21. The molecule has 4 aromatic rings. The van der Waals surface area contributed by atoms with E-state index < -0.39 is 0 Å². The van der Waals surface area contributed by atoms with E-state index in [1.54, 1.807) is 42.5 Å². The molecule has 0 aliphatic heterocycles. The first-order valence-electron chi connectivity index (χ1n) is 8.79. The second-order valence-corrected chi connectivity index (χ2v) is 7.77. The van der Waals surface area contributed by atoms with Gasteiger partial charge in [-0.3, -0.25) is 4.79 Å². The van der Waals surface area contributed by atoms with Gasteiger partial charge in [-0.1, -0.05) is 36.4 Å². The topological polar surface area (TPSA) is 57.5 Å². The van der Waals surface area contributed by atoms with Gasteiger partial charge in [0.15, 0.2) is 5.78 Å². The van der Waals surface area contributed by atoms with Gasteiger partial charge in [0.1, 0.15) is 11.5 Å². The summed E-state index contributed by atoms with van der Waals surface area (Å²) in [6.07, 6.45) is 0. The zero-order valence-electron chi connectivity index (χ0n) is 15.3. The van der Waals surface area contributed by atoms with Crippen molar-refractivity contribution < 1.29 is 15.0 Å². The monoisotopic (exact) mass is 386 g/mol. The standard InChI is InChI=1S/C24H18O3S/c1-14(2)15-3-5-16(6-4-15)23(27)22-20-12-11-19(26)13-21(20)28-24(22)17-7-9-18(25)10-8-17/h3-13,25-26H,1H2,2H3. The SMILES string of the molecule is C=C(C)c1ccc(C(=O)c2c(-c3ccc(O)cc3)sc3cc(O)ccc23)cc1. The molecule has 3 aromatic carbocycles. The molecule has 28 heavy (non-hydrogen) atoms. The number of ketones is 1. The summed E-state index contributed by atoms with van der Waals surface area (Å²) in [5.74, 6) is 0.259. The van der Waals surface area contributed by atoms with Gasteiger partial charge in [-0.15, -0.1) is 11.3 Å². The lowest BCUT2D eigenvalue weighted by atomic mass is 9.96. The number of benzene rings is 3. The minimum Gasteiger partial charge on any atom is -0.508 e. The highest BCUT2D eigenvalue weighted by Crippen LogP contribution is 2.41. The van der Waals surface area contributed by atoms with Gasteiger partial charge >= 0.3 is 0 Å². The van der Waals surface area contributed by atoms with Crippen LogP contribution in [0.3, 0.4) is 0 Å². The number of hydrogen-bond acceptors (Lipinski definition) is 4. The van der Waals surface area contributed by atoms with E-state index in [1.165, 1.54) is 11.3 Å². The maximum absolute atomic E-state index is 13.4. The Morgan fingerprint density at radius 1 is 0.857 bits per heavy atom. The number of hydrogen-bond donors (Lipinski definition) is 2. The lowest BCUT2D eigenvalue weighted by molar-refractivity contribution is 0.104. The van der Waals surface area contributed by atoms with Gasteiger partial charge < -0.3 is 10.2 Å². The fourth-order valence-electron chi connectivity index (χ4n) is 3.18. The van der Waals surface area contributed by atoms with Gasteiger partial charge in [-0.25, -0.2) is 0 Å². The van der Waals surface area contributed by atoms with Gasteiger partial charge in [0, 0.05) is 26.1 Å².